The van der Waals surface area contributed by atoms with Crippen LogP contribution in [0, 0.1) is 6.92 Å². The molecule has 0 aliphatic carbocycles. The fraction of sp³-hybridized carbons (Fsp3) is 0.267. The Hall–Kier alpha value is -2.43. The highest BCUT2D eigenvalue weighted by Gasteiger charge is 2.01. The molecule has 1 amide bonds. The second kappa shape index (κ2) is 6.65. The maximum atomic E-state index is 11.5. The van der Waals surface area contributed by atoms with E-state index in [4.69, 9.17) is 0 Å². The Labute approximate surface area is 118 Å². The Bertz CT molecular complexity index is 563. The van der Waals surface area contributed by atoms with Crippen molar-refractivity contribution in [1.29, 1.82) is 0 Å². The lowest BCUT2D eigenvalue weighted by atomic mass is 10.2. The maximum Gasteiger partial charge on any atom is 0.224 e. The van der Waals surface area contributed by atoms with Gasteiger partial charge < -0.3 is 10.6 Å². The van der Waals surface area contributed by atoms with E-state index in [-0.39, 0.29) is 5.91 Å². The predicted molar refractivity (Wildman–Crippen MR) is 80.0 cm³/mol. The fourth-order valence-electron chi connectivity index (χ4n) is 1.70. The molecular weight excluding hydrogens is 252 g/mol. The minimum Gasteiger partial charge on any atom is -0.339 e. The van der Waals surface area contributed by atoms with Gasteiger partial charge in [-0.15, -0.1) is 5.10 Å². The summed E-state index contributed by atoms with van der Waals surface area (Å²) < 4.78 is 0. The van der Waals surface area contributed by atoms with Gasteiger partial charge in [-0.05, 0) is 49.7 Å². The van der Waals surface area contributed by atoms with Gasteiger partial charge in [0.25, 0.3) is 0 Å². The molecule has 2 aromatic rings. The normalized spacial score (nSPS) is 10.1. The van der Waals surface area contributed by atoms with Crippen molar-refractivity contribution in [1.82, 2.24) is 10.2 Å². The van der Waals surface area contributed by atoms with Gasteiger partial charge in [-0.25, -0.2) is 0 Å². The van der Waals surface area contributed by atoms with Crippen molar-refractivity contribution in [3.05, 3.63) is 42.1 Å². The van der Waals surface area contributed by atoms with E-state index in [1.165, 1.54) is 0 Å². The smallest absolute Gasteiger partial charge is 0.224 e. The minimum atomic E-state index is 0.0395. The molecule has 1 aromatic heterocycles. The second-order valence-corrected chi connectivity index (χ2v) is 4.56. The number of nitrogens with zero attached hydrogens (tertiary/aromatic N) is 2. The summed E-state index contributed by atoms with van der Waals surface area (Å²) in [5, 5.41) is 14.0. The topological polar surface area (TPSA) is 66.9 Å². The molecule has 0 fully saturated rings. The zero-order valence-corrected chi connectivity index (χ0v) is 11.7. The Morgan fingerprint density at radius 1 is 1.05 bits per heavy atom. The largest absolute Gasteiger partial charge is 0.339 e. The summed E-state index contributed by atoms with van der Waals surface area (Å²) in [4.78, 5) is 11.5. The molecule has 0 saturated carbocycles. The molecule has 0 aliphatic heterocycles. The number of benzene rings is 1. The summed E-state index contributed by atoms with van der Waals surface area (Å²) in [5.74, 6) is 0.732. The third kappa shape index (κ3) is 4.05. The summed E-state index contributed by atoms with van der Waals surface area (Å²) >= 11 is 0. The highest BCUT2D eigenvalue weighted by Crippen LogP contribution is 2.17. The number of hydrogen-bond donors (Lipinski definition) is 2. The average Bonchev–Trinajstić information content (AvgIpc) is 2.44. The SMILES string of the molecule is CCCC(=O)Nc1ccc(Nc2ccc(C)nn2)cc1. The van der Waals surface area contributed by atoms with Crippen LogP contribution >= 0.6 is 0 Å². The van der Waals surface area contributed by atoms with Crippen molar-refractivity contribution in [3.8, 4) is 0 Å². The Balaban J connectivity index is 1.97. The zero-order chi connectivity index (χ0) is 14.4. The van der Waals surface area contributed by atoms with E-state index in [0.717, 1.165) is 23.5 Å². The number of carbonyl (C=O) groups excluding carboxylic acids is 1. The van der Waals surface area contributed by atoms with Crippen LogP contribution in [0.15, 0.2) is 36.4 Å². The monoisotopic (exact) mass is 270 g/mol. The van der Waals surface area contributed by atoms with Crippen molar-refractivity contribution >= 4 is 23.1 Å². The Morgan fingerprint density at radius 2 is 1.75 bits per heavy atom. The van der Waals surface area contributed by atoms with Crippen molar-refractivity contribution in [2.75, 3.05) is 10.6 Å². The predicted octanol–water partition coefficient (Wildman–Crippen LogP) is 3.27. The van der Waals surface area contributed by atoms with Crippen LogP contribution < -0.4 is 10.6 Å². The third-order valence-corrected chi connectivity index (χ3v) is 2.72. The van der Waals surface area contributed by atoms with Crippen LogP contribution in [0.5, 0.6) is 0 Å². The molecule has 1 heterocycles. The molecule has 0 atom stereocenters. The number of rotatable bonds is 5. The first-order valence-electron chi connectivity index (χ1n) is 6.64. The van der Waals surface area contributed by atoms with E-state index in [1.807, 2.05) is 50.2 Å². The molecule has 1 aromatic carbocycles. The summed E-state index contributed by atoms with van der Waals surface area (Å²) in [6.07, 6.45) is 1.39. The minimum absolute atomic E-state index is 0.0395. The van der Waals surface area contributed by atoms with Crippen LogP contribution in [0.25, 0.3) is 0 Å². The molecule has 0 spiro atoms. The van der Waals surface area contributed by atoms with Gasteiger partial charge in [0.05, 0.1) is 5.69 Å². The number of aromatic nitrogens is 2. The molecule has 20 heavy (non-hydrogen) atoms. The van der Waals surface area contributed by atoms with Crippen LogP contribution in [0.3, 0.4) is 0 Å². The molecule has 2 rings (SSSR count). The van der Waals surface area contributed by atoms with Gasteiger partial charge >= 0.3 is 0 Å². The van der Waals surface area contributed by atoms with Gasteiger partial charge in [-0.3, -0.25) is 4.79 Å². The maximum absolute atomic E-state index is 11.5. The van der Waals surface area contributed by atoms with Crippen LogP contribution in [-0.2, 0) is 4.79 Å². The lowest BCUT2D eigenvalue weighted by molar-refractivity contribution is -0.116. The number of carbonyl (C=O) groups is 1. The molecule has 5 nitrogen and oxygen atoms in total. The lowest BCUT2D eigenvalue weighted by Gasteiger charge is -2.07. The van der Waals surface area contributed by atoms with E-state index in [2.05, 4.69) is 20.8 Å². The fourth-order valence-corrected chi connectivity index (χ4v) is 1.70. The van der Waals surface area contributed by atoms with Crippen LogP contribution in [0.4, 0.5) is 17.2 Å². The number of amides is 1. The summed E-state index contributed by atoms with van der Waals surface area (Å²) in [5.41, 5.74) is 2.57. The average molecular weight is 270 g/mol. The highest BCUT2D eigenvalue weighted by atomic mass is 16.1. The van der Waals surface area contributed by atoms with Crippen LogP contribution in [0.2, 0.25) is 0 Å². The quantitative estimate of drug-likeness (QED) is 0.875. The van der Waals surface area contributed by atoms with Crippen molar-refractivity contribution in [3.63, 3.8) is 0 Å². The van der Waals surface area contributed by atoms with Crippen LogP contribution in [-0.4, -0.2) is 16.1 Å². The second-order valence-electron chi connectivity index (χ2n) is 4.56. The first kappa shape index (κ1) is 14.0. The van der Waals surface area contributed by atoms with Crippen molar-refractivity contribution in [2.45, 2.75) is 26.7 Å². The Morgan fingerprint density at radius 3 is 2.35 bits per heavy atom. The molecule has 0 aliphatic rings. The summed E-state index contributed by atoms with van der Waals surface area (Å²) in [6, 6.07) is 11.3. The van der Waals surface area contributed by atoms with E-state index in [1.54, 1.807) is 0 Å². The number of hydrogen-bond acceptors (Lipinski definition) is 4. The third-order valence-electron chi connectivity index (χ3n) is 2.72. The lowest BCUT2D eigenvalue weighted by Crippen LogP contribution is -2.10. The van der Waals surface area contributed by atoms with Crippen molar-refractivity contribution in [2.24, 2.45) is 0 Å². The molecule has 0 radical (unpaired) electrons. The number of anilines is 3. The van der Waals surface area contributed by atoms with Gasteiger partial charge in [-0.2, -0.15) is 5.10 Å². The standard InChI is InChI=1S/C15H18N4O/c1-3-4-15(20)17-13-8-6-12(7-9-13)16-14-10-5-11(2)18-19-14/h5-10H,3-4H2,1-2H3,(H,16,19)(H,17,20). The molecule has 2 N–H and O–H groups in total. The van der Waals surface area contributed by atoms with Crippen molar-refractivity contribution < 1.29 is 4.79 Å². The zero-order valence-electron chi connectivity index (χ0n) is 11.7. The van der Waals surface area contributed by atoms with Gasteiger partial charge in [0.1, 0.15) is 0 Å². The van der Waals surface area contributed by atoms with E-state index < -0.39 is 0 Å². The summed E-state index contributed by atoms with van der Waals surface area (Å²) in [6.45, 7) is 3.87. The number of aryl methyl sites for hydroxylation is 1. The van der Waals surface area contributed by atoms with E-state index in [9.17, 15) is 4.79 Å². The summed E-state index contributed by atoms with van der Waals surface area (Å²) in [7, 11) is 0. The number of nitrogens with one attached hydrogen (secondary N) is 2. The molecule has 104 valence electrons. The van der Waals surface area contributed by atoms with E-state index in [0.29, 0.717) is 12.2 Å². The van der Waals surface area contributed by atoms with Gasteiger partial charge in [0.2, 0.25) is 5.91 Å². The first-order valence-corrected chi connectivity index (χ1v) is 6.64. The first-order chi connectivity index (χ1) is 9.67. The molecular formula is C15H18N4O. The Kier molecular flexibility index (Phi) is 4.65. The van der Waals surface area contributed by atoms with Gasteiger partial charge in [-0.1, -0.05) is 6.92 Å². The molecule has 5 heteroatoms. The van der Waals surface area contributed by atoms with E-state index >= 15 is 0 Å². The van der Waals surface area contributed by atoms with Gasteiger partial charge in [0.15, 0.2) is 5.82 Å². The molecule has 0 bridgehead atoms. The molecule has 0 saturated heterocycles. The van der Waals surface area contributed by atoms with Gasteiger partial charge in [0, 0.05) is 17.8 Å². The highest BCUT2D eigenvalue weighted by molar-refractivity contribution is 5.90. The molecule has 0 unspecified atom stereocenters. The van der Waals surface area contributed by atoms with Crippen LogP contribution in [0.1, 0.15) is 25.5 Å².